The Kier molecular flexibility index (Phi) is 4.44. The van der Waals surface area contributed by atoms with E-state index < -0.39 is 0 Å². The van der Waals surface area contributed by atoms with Crippen LogP contribution in [0.25, 0.3) is 11.0 Å². The zero-order valence-electron chi connectivity index (χ0n) is 10.6. The molecule has 0 bridgehead atoms. The van der Waals surface area contributed by atoms with Crippen molar-refractivity contribution < 1.29 is 9.47 Å². The highest BCUT2D eigenvalue weighted by Gasteiger charge is 2.12. The molecule has 0 unspecified atom stereocenters. The quantitative estimate of drug-likeness (QED) is 0.597. The highest BCUT2D eigenvalue weighted by atomic mass is 35.5. The molecule has 0 fully saturated rings. The van der Waals surface area contributed by atoms with Gasteiger partial charge in [0.2, 0.25) is 0 Å². The average molecular weight is 269 g/mol. The second-order valence-corrected chi connectivity index (χ2v) is 4.11. The standard InChI is InChI=1S/C13H17ClN2O2/c1-3-18-8-7-16-10-5-4-6-11(17-2)13(10)15-12(16)9-14/h4-6H,3,7-9H2,1-2H3. The molecule has 5 heteroatoms. The number of methoxy groups -OCH3 is 1. The van der Waals surface area contributed by atoms with E-state index in [1.54, 1.807) is 7.11 Å². The summed E-state index contributed by atoms with van der Waals surface area (Å²) in [6, 6.07) is 5.88. The van der Waals surface area contributed by atoms with Gasteiger partial charge in [0.25, 0.3) is 0 Å². The molecule has 0 aliphatic rings. The first-order valence-corrected chi connectivity index (χ1v) is 6.51. The number of benzene rings is 1. The van der Waals surface area contributed by atoms with Crippen molar-refractivity contribution >= 4 is 22.6 Å². The predicted molar refractivity (Wildman–Crippen MR) is 72.3 cm³/mol. The molecule has 98 valence electrons. The fourth-order valence-corrected chi connectivity index (χ4v) is 2.19. The van der Waals surface area contributed by atoms with Crippen LogP contribution in [-0.4, -0.2) is 29.9 Å². The Morgan fingerprint density at radius 1 is 1.39 bits per heavy atom. The van der Waals surface area contributed by atoms with Crippen molar-refractivity contribution in [3.63, 3.8) is 0 Å². The first kappa shape index (κ1) is 13.2. The summed E-state index contributed by atoms with van der Waals surface area (Å²) in [6.45, 7) is 4.10. The van der Waals surface area contributed by atoms with Crippen molar-refractivity contribution in [2.75, 3.05) is 20.3 Å². The molecule has 2 aromatic rings. The van der Waals surface area contributed by atoms with Crippen LogP contribution in [0.4, 0.5) is 0 Å². The van der Waals surface area contributed by atoms with Crippen LogP contribution < -0.4 is 4.74 Å². The molecule has 0 atom stereocenters. The summed E-state index contributed by atoms with van der Waals surface area (Å²) >= 11 is 5.95. The van der Waals surface area contributed by atoms with Crippen LogP contribution in [0.3, 0.4) is 0 Å². The van der Waals surface area contributed by atoms with Crippen molar-refractivity contribution in [1.82, 2.24) is 9.55 Å². The van der Waals surface area contributed by atoms with Gasteiger partial charge in [-0.1, -0.05) is 6.07 Å². The van der Waals surface area contributed by atoms with Crippen LogP contribution in [0, 0.1) is 0 Å². The Bertz CT molecular complexity index is 525. The summed E-state index contributed by atoms with van der Waals surface area (Å²) in [5.74, 6) is 1.99. The van der Waals surface area contributed by atoms with Gasteiger partial charge in [0.15, 0.2) is 0 Å². The maximum Gasteiger partial charge on any atom is 0.146 e. The molecule has 0 aliphatic heterocycles. The molecule has 0 saturated heterocycles. The molecule has 2 rings (SSSR count). The Labute approximate surface area is 111 Å². The Morgan fingerprint density at radius 3 is 2.89 bits per heavy atom. The molecule has 18 heavy (non-hydrogen) atoms. The van der Waals surface area contributed by atoms with Gasteiger partial charge >= 0.3 is 0 Å². The van der Waals surface area contributed by atoms with E-state index in [4.69, 9.17) is 21.1 Å². The minimum absolute atomic E-state index is 0.379. The van der Waals surface area contributed by atoms with Crippen molar-refractivity contribution in [2.45, 2.75) is 19.3 Å². The topological polar surface area (TPSA) is 36.3 Å². The molecule has 1 heterocycles. The third-order valence-corrected chi connectivity index (χ3v) is 3.06. The van der Waals surface area contributed by atoms with E-state index in [0.29, 0.717) is 19.1 Å². The van der Waals surface area contributed by atoms with Gasteiger partial charge < -0.3 is 14.0 Å². The summed E-state index contributed by atoms with van der Waals surface area (Å²) in [7, 11) is 1.65. The lowest BCUT2D eigenvalue weighted by Gasteiger charge is -2.07. The highest BCUT2D eigenvalue weighted by molar-refractivity contribution is 6.16. The first-order valence-electron chi connectivity index (χ1n) is 5.97. The Morgan fingerprint density at radius 2 is 2.22 bits per heavy atom. The molecule has 1 aromatic carbocycles. The molecular formula is C13H17ClN2O2. The number of fused-ring (bicyclic) bond motifs is 1. The van der Waals surface area contributed by atoms with E-state index in [9.17, 15) is 0 Å². The molecule has 0 N–H and O–H groups in total. The minimum Gasteiger partial charge on any atom is -0.494 e. The maximum atomic E-state index is 5.95. The van der Waals surface area contributed by atoms with Gasteiger partial charge in [-0.2, -0.15) is 0 Å². The van der Waals surface area contributed by atoms with Gasteiger partial charge in [0.05, 0.1) is 25.1 Å². The van der Waals surface area contributed by atoms with E-state index in [1.807, 2.05) is 25.1 Å². The van der Waals surface area contributed by atoms with Gasteiger partial charge in [-0.3, -0.25) is 0 Å². The lowest BCUT2D eigenvalue weighted by atomic mass is 10.3. The number of rotatable bonds is 6. The highest BCUT2D eigenvalue weighted by Crippen LogP contribution is 2.26. The van der Waals surface area contributed by atoms with Gasteiger partial charge in [-0.25, -0.2) is 4.98 Å². The van der Waals surface area contributed by atoms with Gasteiger partial charge in [0.1, 0.15) is 17.1 Å². The summed E-state index contributed by atoms with van der Waals surface area (Å²) in [5.41, 5.74) is 1.89. The number of ether oxygens (including phenoxy) is 2. The minimum atomic E-state index is 0.379. The second-order valence-electron chi connectivity index (χ2n) is 3.84. The SMILES string of the molecule is CCOCCn1c(CCl)nc2c(OC)cccc21. The molecule has 0 radical (unpaired) electrons. The zero-order valence-corrected chi connectivity index (χ0v) is 11.4. The van der Waals surface area contributed by atoms with E-state index >= 15 is 0 Å². The molecular weight excluding hydrogens is 252 g/mol. The van der Waals surface area contributed by atoms with E-state index in [0.717, 1.165) is 29.2 Å². The van der Waals surface area contributed by atoms with Crippen molar-refractivity contribution in [3.8, 4) is 5.75 Å². The number of hydrogen-bond donors (Lipinski definition) is 0. The van der Waals surface area contributed by atoms with Crippen LogP contribution in [-0.2, 0) is 17.2 Å². The van der Waals surface area contributed by atoms with Crippen LogP contribution in [0.1, 0.15) is 12.7 Å². The summed E-state index contributed by atoms with van der Waals surface area (Å²) < 4.78 is 12.8. The molecule has 0 saturated carbocycles. The number of aromatic nitrogens is 2. The van der Waals surface area contributed by atoms with E-state index in [1.165, 1.54) is 0 Å². The summed E-state index contributed by atoms with van der Waals surface area (Å²) in [5, 5.41) is 0. The van der Waals surface area contributed by atoms with Gasteiger partial charge in [0, 0.05) is 13.2 Å². The lowest BCUT2D eigenvalue weighted by molar-refractivity contribution is 0.139. The van der Waals surface area contributed by atoms with Gasteiger partial charge in [-0.15, -0.1) is 11.6 Å². The number of nitrogens with zero attached hydrogens (tertiary/aromatic N) is 2. The molecule has 0 spiro atoms. The Hall–Kier alpha value is -1.26. The maximum absolute atomic E-state index is 5.95. The Balaban J connectivity index is 2.42. The van der Waals surface area contributed by atoms with Crippen LogP contribution in [0.5, 0.6) is 5.75 Å². The number of hydrogen-bond acceptors (Lipinski definition) is 3. The number of alkyl halides is 1. The number of para-hydroxylation sites is 1. The first-order chi connectivity index (χ1) is 8.81. The van der Waals surface area contributed by atoms with Crippen LogP contribution in [0.15, 0.2) is 18.2 Å². The second kappa shape index (κ2) is 6.07. The normalized spacial score (nSPS) is 11.1. The zero-order chi connectivity index (χ0) is 13.0. The summed E-state index contributed by atoms with van der Waals surface area (Å²) in [6.07, 6.45) is 0. The smallest absolute Gasteiger partial charge is 0.146 e. The fraction of sp³-hybridized carbons (Fsp3) is 0.462. The largest absolute Gasteiger partial charge is 0.494 e. The number of imidazole rings is 1. The fourth-order valence-electron chi connectivity index (χ4n) is 1.99. The molecule has 0 aliphatic carbocycles. The van der Waals surface area contributed by atoms with Crippen molar-refractivity contribution in [3.05, 3.63) is 24.0 Å². The van der Waals surface area contributed by atoms with Gasteiger partial charge in [-0.05, 0) is 19.1 Å². The van der Waals surface area contributed by atoms with Crippen LogP contribution in [0.2, 0.25) is 0 Å². The molecule has 1 aromatic heterocycles. The number of halogens is 1. The third-order valence-electron chi connectivity index (χ3n) is 2.82. The molecule has 4 nitrogen and oxygen atoms in total. The third kappa shape index (κ3) is 2.44. The van der Waals surface area contributed by atoms with Crippen molar-refractivity contribution in [1.29, 1.82) is 0 Å². The molecule has 0 amide bonds. The van der Waals surface area contributed by atoms with Crippen molar-refractivity contribution in [2.24, 2.45) is 0 Å². The predicted octanol–water partition coefficient (Wildman–Crippen LogP) is 2.82. The lowest BCUT2D eigenvalue weighted by Crippen LogP contribution is -2.08. The average Bonchev–Trinajstić information content (AvgIpc) is 2.77. The monoisotopic (exact) mass is 268 g/mol. The van der Waals surface area contributed by atoms with Crippen LogP contribution >= 0.6 is 11.6 Å². The summed E-state index contributed by atoms with van der Waals surface area (Å²) in [4.78, 5) is 4.53. The van der Waals surface area contributed by atoms with E-state index in [2.05, 4.69) is 9.55 Å². The van der Waals surface area contributed by atoms with E-state index in [-0.39, 0.29) is 0 Å².